The van der Waals surface area contributed by atoms with Crippen molar-refractivity contribution >= 4 is 11.6 Å². The summed E-state index contributed by atoms with van der Waals surface area (Å²) in [6, 6.07) is 4.44. The predicted molar refractivity (Wildman–Crippen MR) is 69.7 cm³/mol. The number of para-hydroxylation sites is 1. The number of nitrogens with zero attached hydrogens (tertiary/aromatic N) is 1. The van der Waals surface area contributed by atoms with Crippen LogP contribution in [0.1, 0.15) is 23.7 Å². The van der Waals surface area contributed by atoms with Crippen molar-refractivity contribution in [2.75, 3.05) is 25.9 Å². The van der Waals surface area contributed by atoms with Crippen molar-refractivity contribution in [2.45, 2.75) is 19.5 Å². The van der Waals surface area contributed by atoms with Crippen LogP contribution in [0, 0.1) is 0 Å². The molecule has 20 heavy (non-hydrogen) atoms. The van der Waals surface area contributed by atoms with E-state index in [1.165, 1.54) is 19.2 Å². The van der Waals surface area contributed by atoms with Gasteiger partial charge in [-0.15, -0.1) is 0 Å². The molecule has 0 atom stereocenters. The molecular weight excluding hydrogens is 273 g/mol. The SMILES string of the molecule is CCCN(CC(F)(F)F)C(=O)c1cccc(OC)c1N. The standard InChI is InChI=1S/C13H17F3N2O2/c1-3-7-18(8-13(14,15)16)12(19)9-5-4-6-10(20-2)11(9)17/h4-6H,3,7-8,17H2,1-2H3. The minimum absolute atomic E-state index is 0.00892. The normalized spacial score (nSPS) is 11.2. The van der Waals surface area contributed by atoms with Gasteiger partial charge >= 0.3 is 6.18 Å². The van der Waals surface area contributed by atoms with Gasteiger partial charge in [-0.1, -0.05) is 13.0 Å². The van der Waals surface area contributed by atoms with Crippen molar-refractivity contribution in [3.05, 3.63) is 23.8 Å². The number of methoxy groups -OCH3 is 1. The van der Waals surface area contributed by atoms with Gasteiger partial charge in [0.05, 0.1) is 18.4 Å². The van der Waals surface area contributed by atoms with Crippen molar-refractivity contribution in [1.82, 2.24) is 4.90 Å². The van der Waals surface area contributed by atoms with E-state index in [1.54, 1.807) is 13.0 Å². The molecule has 0 unspecified atom stereocenters. The first-order chi connectivity index (χ1) is 9.30. The number of alkyl halides is 3. The molecule has 1 aromatic carbocycles. The monoisotopic (exact) mass is 290 g/mol. The Morgan fingerprint density at radius 3 is 2.55 bits per heavy atom. The van der Waals surface area contributed by atoms with Crippen molar-refractivity contribution in [3.63, 3.8) is 0 Å². The second-order valence-corrected chi connectivity index (χ2v) is 4.26. The maximum atomic E-state index is 12.5. The summed E-state index contributed by atoms with van der Waals surface area (Å²) >= 11 is 0. The van der Waals surface area contributed by atoms with Gasteiger partial charge < -0.3 is 15.4 Å². The number of anilines is 1. The van der Waals surface area contributed by atoms with Gasteiger partial charge in [0.2, 0.25) is 0 Å². The molecular formula is C13H17F3N2O2. The number of rotatable bonds is 5. The molecule has 0 aromatic heterocycles. The number of carbonyl (C=O) groups excluding carboxylic acids is 1. The Bertz CT molecular complexity index is 475. The number of benzene rings is 1. The average Bonchev–Trinajstić information content (AvgIpc) is 2.36. The molecule has 0 heterocycles. The van der Waals surface area contributed by atoms with Gasteiger partial charge in [-0.3, -0.25) is 4.79 Å². The summed E-state index contributed by atoms with van der Waals surface area (Å²) in [5.74, 6) is -0.486. The summed E-state index contributed by atoms with van der Waals surface area (Å²) in [4.78, 5) is 12.9. The van der Waals surface area contributed by atoms with E-state index in [-0.39, 0.29) is 23.5 Å². The Morgan fingerprint density at radius 2 is 2.05 bits per heavy atom. The third kappa shape index (κ3) is 4.04. The van der Waals surface area contributed by atoms with Crippen LogP contribution >= 0.6 is 0 Å². The van der Waals surface area contributed by atoms with Crippen molar-refractivity contribution in [2.24, 2.45) is 0 Å². The third-order valence-electron chi connectivity index (χ3n) is 2.67. The number of hydrogen-bond donors (Lipinski definition) is 1. The number of halogens is 3. The molecule has 2 N–H and O–H groups in total. The topological polar surface area (TPSA) is 55.6 Å². The fourth-order valence-corrected chi connectivity index (χ4v) is 1.82. The van der Waals surface area contributed by atoms with E-state index < -0.39 is 18.6 Å². The Morgan fingerprint density at radius 1 is 1.40 bits per heavy atom. The van der Waals surface area contributed by atoms with Crippen LogP contribution < -0.4 is 10.5 Å². The smallest absolute Gasteiger partial charge is 0.406 e. The van der Waals surface area contributed by atoms with E-state index in [0.717, 1.165) is 4.90 Å². The summed E-state index contributed by atoms with van der Waals surface area (Å²) in [5.41, 5.74) is 5.80. The Labute approximate surface area is 115 Å². The zero-order valence-corrected chi connectivity index (χ0v) is 11.3. The fraction of sp³-hybridized carbons (Fsp3) is 0.462. The lowest BCUT2D eigenvalue weighted by Gasteiger charge is -2.24. The molecule has 0 bridgehead atoms. The van der Waals surface area contributed by atoms with Crippen LogP contribution in [-0.2, 0) is 0 Å². The van der Waals surface area contributed by atoms with Crippen LogP contribution in [0.4, 0.5) is 18.9 Å². The molecule has 7 heteroatoms. The number of hydrogen-bond acceptors (Lipinski definition) is 3. The van der Waals surface area contributed by atoms with Gasteiger partial charge in [0.1, 0.15) is 12.3 Å². The van der Waals surface area contributed by atoms with E-state index in [1.807, 2.05) is 0 Å². The van der Waals surface area contributed by atoms with Crippen LogP contribution in [-0.4, -0.2) is 37.2 Å². The van der Waals surface area contributed by atoms with Crippen LogP contribution in [0.5, 0.6) is 5.75 Å². The van der Waals surface area contributed by atoms with Gasteiger partial charge in [0.25, 0.3) is 5.91 Å². The molecule has 0 aliphatic heterocycles. The van der Waals surface area contributed by atoms with E-state index in [0.29, 0.717) is 6.42 Å². The van der Waals surface area contributed by atoms with E-state index in [9.17, 15) is 18.0 Å². The van der Waals surface area contributed by atoms with E-state index in [4.69, 9.17) is 10.5 Å². The molecule has 0 aliphatic carbocycles. The zero-order valence-electron chi connectivity index (χ0n) is 11.3. The highest BCUT2D eigenvalue weighted by Crippen LogP contribution is 2.27. The number of carbonyl (C=O) groups is 1. The first kappa shape index (κ1) is 16.1. The third-order valence-corrected chi connectivity index (χ3v) is 2.67. The molecule has 0 spiro atoms. The quantitative estimate of drug-likeness (QED) is 0.848. The second-order valence-electron chi connectivity index (χ2n) is 4.26. The van der Waals surface area contributed by atoms with Crippen molar-refractivity contribution in [3.8, 4) is 5.75 Å². The van der Waals surface area contributed by atoms with Gasteiger partial charge in [-0.2, -0.15) is 13.2 Å². The van der Waals surface area contributed by atoms with Crippen LogP contribution in [0.3, 0.4) is 0 Å². The second kappa shape index (κ2) is 6.49. The fourth-order valence-electron chi connectivity index (χ4n) is 1.82. The molecule has 1 rings (SSSR count). The van der Waals surface area contributed by atoms with Crippen molar-refractivity contribution in [1.29, 1.82) is 0 Å². The number of amides is 1. The van der Waals surface area contributed by atoms with Crippen molar-refractivity contribution < 1.29 is 22.7 Å². The highest BCUT2D eigenvalue weighted by Gasteiger charge is 2.33. The maximum absolute atomic E-state index is 12.5. The molecule has 0 radical (unpaired) electrons. The lowest BCUT2D eigenvalue weighted by atomic mass is 10.1. The average molecular weight is 290 g/mol. The summed E-state index contributed by atoms with van der Waals surface area (Å²) in [6.45, 7) is 0.414. The van der Waals surface area contributed by atoms with Crippen LogP contribution in [0.15, 0.2) is 18.2 Å². The molecule has 112 valence electrons. The van der Waals surface area contributed by atoms with Gasteiger partial charge in [-0.05, 0) is 18.6 Å². The zero-order chi connectivity index (χ0) is 15.3. The highest BCUT2D eigenvalue weighted by molar-refractivity contribution is 6.00. The number of nitrogens with two attached hydrogens (primary N) is 1. The van der Waals surface area contributed by atoms with E-state index in [2.05, 4.69) is 0 Å². The molecule has 0 saturated heterocycles. The molecule has 0 saturated carbocycles. The minimum Gasteiger partial charge on any atom is -0.495 e. The van der Waals surface area contributed by atoms with Gasteiger partial charge in [0.15, 0.2) is 0 Å². The first-order valence-corrected chi connectivity index (χ1v) is 6.08. The van der Waals surface area contributed by atoms with E-state index >= 15 is 0 Å². The summed E-state index contributed by atoms with van der Waals surface area (Å²) < 4.78 is 42.5. The van der Waals surface area contributed by atoms with Crippen LogP contribution in [0.2, 0.25) is 0 Å². The lowest BCUT2D eigenvalue weighted by Crippen LogP contribution is -2.39. The first-order valence-electron chi connectivity index (χ1n) is 6.08. The Kier molecular flexibility index (Phi) is 5.24. The number of ether oxygens (including phenoxy) is 1. The van der Waals surface area contributed by atoms with Gasteiger partial charge in [-0.25, -0.2) is 0 Å². The van der Waals surface area contributed by atoms with Gasteiger partial charge in [0, 0.05) is 6.54 Å². The molecule has 1 amide bonds. The summed E-state index contributed by atoms with van der Waals surface area (Å²) in [5, 5.41) is 0. The summed E-state index contributed by atoms with van der Waals surface area (Å²) in [6.07, 6.45) is -4.02. The largest absolute Gasteiger partial charge is 0.495 e. The van der Waals surface area contributed by atoms with Crippen LogP contribution in [0.25, 0.3) is 0 Å². The minimum atomic E-state index is -4.45. The predicted octanol–water partition coefficient (Wildman–Crippen LogP) is 2.69. The number of nitrogen functional groups attached to an aromatic ring is 1. The molecule has 4 nitrogen and oxygen atoms in total. The highest BCUT2D eigenvalue weighted by atomic mass is 19.4. The maximum Gasteiger partial charge on any atom is 0.406 e. The summed E-state index contributed by atoms with van der Waals surface area (Å²) in [7, 11) is 1.37. The molecule has 0 aliphatic rings. The Balaban J connectivity index is 3.06. The molecule has 0 fully saturated rings. The lowest BCUT2D eigenvalue weighted by molar-refractivity contribution is -0.140. The Hall–Kier alpha value is -1.92. The molecule has 1 aromatic rings.